The maximum absolute atomic E-state index is 9.26. The zero-order valence-corrected chi connectivity index (χ0v) is 13.2. The van der Waals surface area contributed by atoms with Crippen molar-refractivity contribution in [3.63, 3.8) is 0 Å². The molecule has 0 spiro atoms. The standard InChI is InChI=1S/C16H17ClN4O/c1-12-9-14(19-22-12)11-20-5-7-21(8-6-20)16-13(10-18)3-2-4-15(16)17/h2-4,9H,5-8,11H2,1H3. The maximum Gasteiger partial charge on any atom is 0.133 e. The van der Waals surface area contributed by atoms with Gasteiger partial charge in [-0.25, -0.2) is 0 Å². The molecule has 0 atom stereocenters. The number of aromatic nitrogens is 1. The molecule has 1 aliphatic rings. The molecule has 0 N–H and O–H groups in total. The van der Waals surface area contributed by atoms with Crippen LogP contribution < -0.4 is 4.90 Å². The van der Waals surface area contributed by atoms with Gasteiger partial charge < -0.3 is 9.42 Å². The van der Waals surface area contributed by atoms with E-state index in [9.17, 15) is 5.26 Å². The van der Waals surface area contributed by atoms with Crippen molar-refractivity contribution in [1.82, 2.24) is 10.1 Å². The van der Waals surface area contributed by atoms with Crippen molar-refractivity contribution in [1.29, 1.82) is 5.26 Å². The molecule has 5 nitrogen and oxygen atoms in total. The van der Waals surface area contributed by atoms with Crippen molar-refractivity contribution in [3.8, 4) is 6.07 Å². The summed E-state index contributed by atoms with van der Waals surface area (Å²) in [5.74, 6) is 0.836. The molecule has 1 saturated heterocycles. The molecule has 1 aromatic carbocycles. The van der Waals surface area contributed by atoms with Crippen molar-refractivity contribution >= 4 is 17.3 Å². The predicted octanol–water partition coefficient (Wildman–Crippen LogP) is 2.83. The fraction of sp³-hybridized carbons (Fsp3) is 0.375. The Labute approximate surface area is 134 Å². The summed E-state index contributed by atoms with van der Waals surface area (Å²) in [6.07, 6.45) is 0. The highest BCUT2D eigenvalue weighted by Crippen LogP contribution is 2.30. The lowest BCUT2D eigenvalue weighted by atomic mass is 10.1. The first-order valence-corrected chi connectivity index (χ1v) is 7.63. The molecule has 1 aliphatic heterocycles. The molecule has 0 radical (unpaired) electrons. The van der Waals surface area contributed by atoms with Gasteiger partial charge in [-0.15, -0.1) is 0 Å². The van der Waals surface area contributed by atoms with Crippen LogP contribution in [0.3, 0.4) is 0 Å². The van der Waals surface area contributed by atoms with Gasteiger partial charge in [0.15, 0.2) is 0 Å². The van der Waals surface area contributed by atoms with E-state index in [1.54, 1.807) is 0 Å². The molecule has 3 rings (SSSR count). The largest absolute Gasteiger partial charge is 0.367 e. The van der Waals surface area contributed by atoms with Crippen LogP contribution in [0.15, 0.2) is 28.8 Å². The number of aryl methyl sites for hydroxylation is 1. The monoisotopic (exact) mass is 316 g/mol. The Kier molecular flexibility index (Phi) is 4.32. The second-order valence-corrected chi connectivity index (χ2v) is 5.85. The van der Waals surface area contributed by atoms with Gasteiger partial charge in [-0.1, -0.05) is 22.8 Å². The summed E-state index contributed by atoms with van der Waals surface area (Å²) >= 11 is 6.28. The van der Waals surface area contributed by atoms with Crippen LogP contribution >= 0.6 is 11.6 Å². The van der Waals surface area contributed by atoms with E-state index in [1.165, 1.54) is 0 Å². The van der Waals surface area contributed by atoms with Crippen LogP contribution in [0, 0.1) is 18.3 Å². The first-order valence-electron chi connectivity index (χ1n) is 7.25. The van der Waals surface area contributed by atoms with Gasteiger partial charge in [-0.2, -0.15) is 5.26 Å². The minimum absolute atomic E-state index is 0.632. The third kappa shape index (κ3) is 3.08. The Balaban J connectivity index is 1.66. The first kappa shape index (κ1) is 14.9. The normalized spacial score (nSPS) is 15.8. The highest BCUT2D eigenvalue weighted by Gasteiger charge is 2.21. The second-order valence-electron chi connectivity index (χ2n) is 5.44. The van der Waals surface area contributed by atoms with Gasteiger partial charge in [0.2, 0.25) is 0 Å². The summed E-state index contributed by atoms with van der Waals surface area (Å²) in [6, 6.07) is 9.65. The molecular formula is C16H17ClN4O. The van der Waals surface area contributed by atoms with Gasteiger partial charge in [0, 0.05) is 38.8 Å². The Morgan fingerprint density at radius 1 is 1.32 bits per heavy atom. The maximum atomic E-state index is 9.26. The quantitative estimate of drug-likeness (QED) is 0.871. The van der Waals surface area contributed by atoms with E-state index in [2.05, 4.69) is 21.0 Å². The Morgan fingerprint density at radius 3 is 2.73 bits per heavy atom. The van der Waals surface area contributed by atoms with E-state index in [0.29, 0.717) is 10.6 Å². The third-order valence-electron chi connectivity index (χ3n) is 3.86. The molecular weight excluding hydrogens is 300 g/mol. The van der Waals surface area contributed by atoms with Crippen LogP contribution in [0.2, 0.25) is 5.02 Å². The zero-order chi connectivity index (χ0) is 15.5. The fourth-order valence-electron chi connectivity index (χ4n) is 2.78. The highest BCUT2D eigenvalue weighted by atomic mass is 35.5. The molecule has 114 valence electrons. The number of nitriles is 1. The van der Waals surface area contributed by atoms with Gasteiger partial charge >= 0.3 is 0 Å². The molecule has 0 aliphatic carbocycles. The van der Waals surface area contributed by atoms with E-state index in [1.807, 2.05) is 31.2 Å². The fourth-order valence-corrected chi connectivity index (χ4v) is 3.07. The van der Waals surface area contributed by atoms with E-state index in [-0.39, 0.29) is 0 Å². The SMILES string of the molecule is Cc1cc(CN2CCN(c3c(Cl)cccc3C#N)CC2)no1. The van der Waals surface area contributed by atoms with Crippen LogP contribution in [0.4, 0.5) is 5.69 Å². The molecule has 0 saturated carbocycles. The van der Waals surface area contributed by atoms with Gasteiger partial charge in [0.05, 0.1) is 22.0 Å². The van der Waals surface area contributed by atoms with Crippen molar-refractivity contribution in [2.45, 2.75) is 13.5 Å². The van der Waals surface area contributed by atoms with Gasteiger partial charge in [-0.05, 0) is 19.1 Å². The molecule has 0 amide bonds. The molecule has 22 heavy (non-hydrogen) atoms. The molecule has 0 bridgehead atoms. The number of hydrogen-bond donors (Lipinski definition) is 0. The van der Waals surface area contributed by atoms with Crippen molar-refractivity contribution in [2.24, 2.45) is 0 Å². The third-order valence-corrected chi connectivity index (χ3v) is 4.16. The van der Waals surface area contributed by atoms with Crippen molar-refractivity contribution in [3.05, 3.63) is 46.3 Å². The van der Waals surface area contributed by atoms with Crippen LogP contribution in [-0.4, -0.2) is 36.2 Å². The topological polar surface area (TPSA) is 56.3 Å². The van der Waals surface area contributed by atoms with Gasteiger partial charge in [0.25, 0.3) is 0 Å². The van der Waals surface area contributed by atoms with Gasteiger partial charge in [0.1, 0.15) is 11.8 Å². The summed E-state index contributed by atoms with van der Waals surface area (Å²) < 4.78 is 5.10. The molecule has 2 heterocycles. The lowest BCUT2D eigenvalue weighted by molar-refractivity contribution is 0.241. The average Bonchev–Trinajstić information content (AvgIpc) is 2.93. The van der Waals surface area contributed by atoms with Crippen molar-refractivity contribution < 1.29 is 4.52 Å². The second kappa shape index (κ2) is 6.39. The van der Waals surface area contributed by atoms with Crippen LogP contribution in [0.25, 0.3) is 0 Å². The number of para-hydroxylation sites is 1. The summed E-state index contributed by atoms with van der Waals surface area (Å²) in [5, 5.41) is 13.9. The minimum Gasteiger partial charge on any atom is -0.367 e. The van der Waals surface area contributed by atoms with Crippen LogP contribution in [0.1, 0.15) is 17.0 Å². The lowest BCUT2D eigenvalue weighted by Gasteiger charge is -2.36. The molecule has 1 fully saturated rings. The summed E-state index contributed by atoms with van der Waals surface area (Å²) in [5.41, 5.74) is 2.44. The number of piperazine rings is 1. The Morgan fingerprint density at radius 2 is 2.09 bits per heavy atom. The first-order chi connectivity index (χ1) is 10.7. The zero-order valence-electron chi connectivity index (χ0n) is 12.4. The predicted molar refractivity (Wildman–Crippen MR) is 84.9 cm³/mol. The Bertz CT molecular complexity index is 698. The van der Waals surface area contributed by atoms with E-state index >= 15 is 0 Å². The molecule has 1 aromatic heterocycles. The summed E-state index contributed by atoms with van der Waals surface area (Å²) in [6.45, 7) is 6.18. The average molecular weight is 317 g/mol. The minimum atomic E-state index is 0.632. The summed E-state index contributed by atoms with van der Waals surface area (Å²) in [7, 11) is 0. The number of benzene rings is 1. The van der Waals surface area contributed by atoms with E-state index in [4.69, 9.17) is 16.1 Å². The lowest BCUT2D eigenvalue weighted by Crippen LogP contribution is -2.46. The molecule has 6 heteroatoms. The van der Waals surface area contributed by atoms with Crippen LogP contribution in [0.5, 0.6) is 0 Å². The van der Waals surface area contributed by atoms with E-state index < -0.39 is 0 Å². The molecule has 2 aromatic rings. The molecule has 0 unspecified atom stereocenters. The smallest absolute Gasteiger partial charge is 0.133 e. The van der Waals surface area contributed by atoms with Crippen LogP contribution in [-0.2, 0) is 6.54 Å². The van der Waals surface area contributed by atoms with Gasteiger partial charge in [-0.3, -0.25) is 4.90 Å². The summed E-state index contributed by atoms with van der Waals surface area (Å²) in [4.78, 5) is 4.52. The number of rotatable bonds is 3. The number of hydrogen-bond acceptors (Lipinski definition) is 5. The van der Waals surface area contributed by atoms with E-state index in [0.717, 1.165) is 49.9 Å². The number of nitrogens with zero attached hydrogens (tertiary/aromatic N) is 4. The number of halogens is 1. The Hall–Kier alpha value is -2.03. The number of anilines is 1. The highest BCUT2D eigenvalue weighted by molar-refractivity contribution is 6.33. The van der Waals surface area contributed by atoms with Crippen molar-refractivity contribution in [2.75, 3.05) is 31.1 Å².